The third kappa shape index (κ3) is 2.89. The fourth-order valence-electron chi connectivity index (χ4n) is 3.54. The van der Waals surface area contributed by atoms with E-state index in [4.69, 9.17) is 16.3 Å². The highest BCUT2D eigenvalue weighted by molar-refractivity contribution is 8.16. The van der Waals surface area contributed by atoms with E-state index in [1.807, 2.05) is 42.5 Å². The van der Waals surface area contributed by atoms with Gasteiger partial charge < -0.3 is 14.5 Å². The number of benzene rings is 2. The van der Waals surface area contributed by atoms with Crippen LogP contribution >= 0.6 is 23.4 Å². The van der Waals surface area contributed by atoms with E-state index in [9.17, 15) is 4.79 Å². The van der Waals surface area contributed by atoms with Crippen LogP contribution in [0.1, 0.15) is 11.1 Å². The molecule has 0 unspecified atom stereocenters. The molecule has 3 aliphatic heterocycles. The molecule has 2 aromatic rings. The molecule has 0 fully saturated rings. The number of carbonyl (C=O) groups is 1. The Morgan fingerprint density at radius 3 is 2.93 bits per heavy atom. The Labute approximate surface area is 166 Å². The predicted molar refractivity (Wildman–Crippen MR) is 109 cm³/mol. The quantitative estimate of drug-likeness (QED) is 0.785. The lowest BCUT2D eigenvalue weighted by atomic mass is 10.1. The highest BCUT2D eigenvalue weighted by Gasteiger charge is 2.34. The van der Waals surface area contributed by atoms with Crippen molar-refractivity contribution in [1.29, 1.82) is 0 Å². The average molecular weight is 398 g/mol. The first-order valence-electron chi connectivity index (χ1n) is 8.70. The maximum atomic E-state index is 12.6. The number of carbonyl (C=O) groups excluding carboxylic acids is 1. The minimum atomic E-state index is -0.0715. The molecule has 27 heavy (non-hydrogen) atoms. The molecule has 5 rings (SSSR count). The molecule has 0 N–H and O–H groups in total. The van der Waals surface area contributed by atoms with Gasteiger partial charge in [0.1, 0.15) is 0 Å². The van der Waals surface area contributed by atoms with Crippen molar-refractivity contribution in [2.75, 3.05) is 24.6 Å². The van der Waals surface area contributed by atoms with Gasteiger partial charge in [0.2, 0.25) is 0 Å². The van der Waals surface area contributed by atoms with Crippen molar-refractivity contribution in [1.82, 2.24) is 4.90 Å². The molecular weight excluding hydrogens is 382 g/mol. The molecule has 0 radical (unpaired) electrons. The zero-order chi connectivity index (χ0) is 18.4. The van der Waals surface area contributed by atoms with Crippen LogP contribution in [0.2, 0.25) is 5.02 Å². The van der Waals surface area contributed by atoms with E-state index in [-0.39, 0.29) is 12.5 Å². The number of anilines is 1. The van der Waals surface area contributed by atoms with E-state index in [1.165, 1.54) is 0 Å². The second kappa shape index (κ2) is 6.62. The van der Waals surface area contributed by atoms with Crippen LogP contribution in [0.5, 0.6) is 5.75 Å². The Morgan fingerprint density at radius 2 is 2.07 bits per heavy atom. The van der Waals surface area contributed by atoms with Gasteiger partial charge in [-0.25, -0.2) is 0 Å². The summed E-state index contributed by atoms with van der Waals surface area (Å²) < 4.78 is 5.88. The van der Waals surface area contributed by atoms with Gasteiger partial charge in [-0.3, -0.25) is 9.79 Å². The number of amidine groups is 1. The summed E-state index contributed by atoms with van der Waals surface area (Å²) in [4.78, 5) is 21.0. The number of aliphatic imine (C=N–C) groups is 1. The third-order valence-corrected chi connectivity index (χ3v) is 5.91. The van der Waals surface area contributed by atoms with Gasteiger partial charge in [-0.2, -0.15) is 0 Å². The molecule has 0 spiro atoms. The van der Waals surface area contributed by atoms with E-state index in [0.717, 1.165) is 35.1 Å². The number of amides is 1. The number of fused-ring (bicyclic) bond motifs is 2. The molecule has 0 atom stereocenters. The molecule has 0 aromatic heterocycles. The van der Waals surface area contributed by atoms with Crippen LogP contribution in [-0.4, -0.2) is 35.7 Å². The largest absolute Gasteiger partial charge is 0.481 e. The minimum Gasteiger partial charge on any atom is -0.481 e. The molecule has 7 heteroatoms. The third-order valence-electron chi connectivity index (χ3n) is 4.79. The monoisotopic (exact) mass is 397 g/mol. The normalized spacial score (nSPS) is 18.0. The molecule has 0 aliphatic carbocycles. The molecule has 136 valence electrons. The second-order valence-electron chi connectivity index (χ2n) is 6.49. The van der Waals surface area contributed by atoms with Crippen molar-refractivity contribution in [3.8, 4) is 5.75 Å². The van der Waals surface area contributed by atoms with E-state index in [1.54, 1.807) is 16.7 Å². The molecular formula is C20H16ClN3O2S. The topological polar surface area (TPSA) is 45.1 Å². The zero-order valence-electron chi connectivity index (χ0n) is 14.4. The summed E-state index contributed by atoms with van der Waals surface area (Å²) in [6, 6.07) is 13.6. The minimum absolute atomic E-state index is 0.0236. The maximum Gasteiger partial charge on any atom is 0.265 e. The van der Waals surface area contributed by atoms with Crippen LogP contribution in [0, 0.1) is 0 Å². The Balaban J connectivity index is 1.58. The maximum absolute atomic E-state index is 12.6. The number of hydrogen-bond acceptors (Lipinski definition) is 5. The van der Waals surface area contributed by atoms with Crippen LogP contribution in [-0.2, 0) is 11.3 Å². The highest BCUT2D eigenvalue weighted by Crippen LogP contribution is 2.45. The van der Waals surface area contributed by atoms with Gasteiger partial charge in [0, 0.05) is 22.5 Å². The average Bonchev–Trinajstić information content (AvgIpc) is 3.28. The summed E-state index contributed by atoms with van der Waals surface area (Å²) >= 11 is 8.05. The first-order valence-corrected chi connectivity index (χ1v) is 9.96. The van der Waals surface area contributed by atoms with Crippen LogP contribution in [0.3, 0.4) is 0 Å². The van der Waals surface area contributed by atoms with E-state index in [2.05, 4.69) is 15.3 Å². The molecule has 3 heterocycles. The summed E-state index contributed by atoms with van der Waals surface area (Å²) in [6.45, 7) is 2.15. The summed E-state index contributed by atoms with van der Waals surface area (Å²) in [5.41, 5.74) is 3.71. The predicted octanol–water partition coefficient (Wildman–Crippen LogP) is 3.98. The van der Waals surface area contributed by atoms with Crippen molar-refractivity contribution >= 4 is 45.8 Å². The first kappa shape index (κ1) is 16.7. The molecule has 0 bridgehead atoms. The molecule has 0 saturated carbocycles. The second-order valence-corrected chi connectivity index (χ2v) is 7.77. The molecule has 0 saturated heterocycles. The van der Waals surface area contributed by atoms with E-state index < -0.39 is 0 Å². The van der Waals surface area contributed by atoms with Crippen molar-refractivity contribution in [2.24, 2.45) is 4.99 Å². The molecule has 3 aliphatic rings. The van der Waals surface area contributed by atoms with Crippen LogP contribution in [0.15, 0.2) is 52.9 Å². The smallest absolute Gasteiger partial charge is 0.265 e. The van der Waals surface area contributed by atoms with Gasteiger partial charge >= 0.3 is 0 Å². The Morgan fingerprint density at radius 1 is 1.22 bits per heavy atom. The fraction of sp³-hybridized carbons (Fsp3) is 0.200. The number of rotatable bonds is 3. The van der Waals surface area contributed by atoms with Gasteiger partial charge in [0.15, 0.2) is 17.5 Å². The Bertz CT molecular complexity index is 990. The number of nitrogens with zero attached hydrogens (tertiary/aromatic N) is 3. The number of ether oxygens (including phenoxy) is 1. The molecule has 1 amide bonds. The van der Waals surface area contributed by atoms with Gasteiger partial charge in [-0.1, -0.05) is 53.7 Å². The Kier molecular flexibility index (Phi) is 4.10. The lowest BCUT2D eigenvalue weighted by Gasteiger charge is -2.32. The fourth-order valence-corrected chi connectivity index (χ4v) is 4.71. The van der Waals surface area contributed by atoms with Crippen molar-refractivity contribution in [2.45, 2.75) is 6.54 Å². The molecule has 2 aromatic carbocycles. The van der Waals surface area contributed by atoms with Crippen molar-refractivity contribution in [3.05, 3.63) is 64.0 Å². The van der Waals surface area contributed by atoms with Gasteiger partial charge in [-0.05, 0) is 17.7 Å². The highest BCUT2D eigenvalue weighted by atomic mass is 35.5. The van der Waals surface area contributed by atoms with Gasteiger partial charge in [0.25, 0.3) is 5.91 Å². The van der Waals surface area contributed by atoms with Gasteiger partial charge in [-0.15, -0.1) is 0 Å². The van der Waals surface area contributed by atoms with Crippen molar-refractivity contribution < 1.29 is 9.53 Å². The SMILES string of the molecule is O=C1COc2c(C3=CSC4=NCCN34)cc(Cl)cc2N1Cc1ccccc1. The summed E-state index contributed by atoms with van der Waals surface area (Å²) in [7, 11) is 0. The van der Waals surface area contributed by atoms with E-state index >= 15 is 0 Å². The lowest BCUT2D eigenvalue weighted by Crippen LogP contribution is -2.38. The number of hydrogen-bond donors (Lipinski definition) is 0. The molecule has 5 nitrogen and oxygen atoms in total. The van der Waals surface area contributed by atoms with Crippen LogP contribution < -0.4 is 9.64 Å². The first-order chi connectivity index (χ1) is 13.2. The van der Waals surface area contributed by atoms with Crippen LogP contribution in [0.4, 0.5) is 5.69 Å². The zero-order valence-corrected chi connectivity index (χ0v) is 16.0. The summed E-state index contributed by atoms with van der Waals surface area (Å²) in [5.74, 6) is 0.632. The lowest BCUT2D eigenvalue weighted by molar-refractivity contribution is -0.121. The van der Waals surface area contributed by atoms with Gasteiger partial charge in [0.05, 0.1) is 24.5 Å². The standard InChI is InChI=1S/C20H16ClN3O2S/c21-14-8-15(17-12-27-20-22-6-7-23(17)20)19-16(9-14)24(18(25)11-26-19)10-13-4-2-1-3-5-13/h1-5,8-9,12H,6-7,10-11H2. The van der Waals surface area contributed by atoms with E-state index in [0.29, 0.717) is 23.0 Å². The number of thioether (sulfide) groups is 1. The van der Waals surface area contributed by atoms with Crippen molar-refractivity contribution in [3.63, 3.8) is 0 Å². The van der Waals surface area contributed by atoms with Crippen LogP contribution in [0.25, 0.3) is 5.70 Å². The summed E-state index contributed by atoms with van der Waals surface area (Å²) in [5, 5.41) is 3.66. The number of halogens is 1. The summed E-state index contributed by atoms with van der Waals surface area (Å²) in [6.07, 6.45) is 0. The Hall–Kier alpha value is -2.44.